The number of benzene rings is 1. The summed E-state index contributed by atoms with van der Waals surface area (Å²) in [6.07, 6.45) is -3.40. The maximum atomic E-state index is 12.7. The Morgan fingerprint density at radius 1 is 1.30 bits per heavy atom. The van der Waals surface area contributed by atoms with E-state index in [1.807, 2.05) is 18.2 Å². The third kappa shape index (κ3) is 5.09. The van der Waals surface area contributed by atoms with Crippen molar-refractivity contribution in [3.8, 4) is 5.75 Å². The number of likely N-dealkylation sites (tertiary alicyclic amines) is 1. The maximum absolute atomic E-state index is 12.7. The Morgan fingerprint density at radius 3 is 2.65 bits per heavy atom. The van der Waals surface area contributed by atoms with E-state index in [4.69, 9.17) is 4.74 Å². The first-order chi connectivity index (χ1) is 10.9. The minimum absolute atomic E-state index is 0.191. The highest BCUT2D eigenvalue weighted by atomic mass is 19.3. The summed E-state index contributed by atoms with van der Waals surface area (Å²) in [6, 6.07) is 9.08. The average molecular weight is 335 g/mol. The van der Waals surface area contributed by atoms with Gasteiger partial charge in [0, 0.05) is 13.0 Å². The first-order valence-electron chi connectivity index (χ1n) is 7.11. The van der Waals surface area contributed by atoms with Crippen LogP contribution < -0.4 is 4.74 Å². The number of nitrogens with zero attached hydrogens (tertiary/aromatic N) is 1. The van der Waals surface area contributed by atoms with E-state index in [2.05, 4.69) is 4.74 Å². The lowest BCUT2D eigenvalue weighted by atomic mass is 10.3. The molecule has 1 aliphatic heterocycles. The highest BCUT2D eigenvalue weighted by Gasteiger charge is 2.41. The van der Waals surface area contributed by atoms with Gasteiger partial charge in [-0.3, -0.25) is 4.79 Å². The van der Waals surface area contributed by atoms with E-state index in [9.17, 15) is 22.4 Å². The molecule has 1 saturated heterocycles. The van der Waals surface area contributed by atoms with Gasteiger partial charge in [0.1, 0.15) is 25.1 Å². The summed E-state index contributed by atoms with van der Waals surface area (Å²) in [5.74, 6) is -4.08. The Morgan fingerprint density at radius 2 is 2.00 bits per heavy atom. The zero-order chi connectivity index (χ0) is 16.9. The zero-order valence-electron chi connectivity index (χ0n) is 12.3. The topological polar surface area (TPSA) is 38.8 Å². The number of para-hydroxylation sites is 1. The van der Waals surface area contributed by atoms with E-state index in [-0.39, 0.29) is 6.10 Å². The molecule has 128 valence electrons. The second-order valence-corrected chi connectivity index (χ2v) is 5.24. The molecule has 1 aromatic carbocycles. The molecule has 0 saturated carbocycles. The predicted molar refractivity (Wildman–Crippen MR) is 73.8 cm³/mol. The van der Waals surface area contributed by atoms with Crippen LogP contribution in [0.3, 0.4) is 0 Å². The van der Waals surface area contributed by atoms with E-state index in [0.717, 1.165) is 0 Å². The summed E-state index contributed by atoms with van der Waals surface area (Å²) in [5.41, 5.74) is 0. The largest absolute Gasteiger partial charge is 0.489 e. The van der Waals surface area contributed by atoms with Gasteiger partial charge in [-0.05, 0) is 12.1 Å². The second-order valence-electron chi connectivity index (χ2n) is 5.24. The molecule has 0 aromatic heterocycles. The van der Waals surface area contributed by atoms with E-state index in [0.29, 0.717) is 25.3 Å². The third-order valence-electron chi connectivity index (χ3n) is 3.38. The number of amides is 1. The van der Waals surface area contributed by atoms with Crippen LogP contribution in [0.4, 0.5) is 17.6 Å². The molecule has 1 aliphatic rings. The molecule has 1 heterocycles. The molecule has 0 bridgehead atoms. The molecule has 0 aliphatic carbocycles. The average Bonchev–Trinajstić information content (AvgIpc) is 2.96. The number of rotatable bonds is 7. The Kier molecular flexibility index (Phi) is 5.81. The van der Waals surface area contributed by atoms with Crippen molar-refractivity contribution in [3.63, 3.8) is 0 Å². The van der Waals surface area contributed by atoms with Crippen LogP contribution in [0.1, 0.15) is 6.42 Å². The van der Waals surface area contributed by atoms with Gasteiger partial charge in [0.25, 0.3) is 0 Å². The van der Waals surface area contributed by atoms with Gasteiger partial charge in [0.05, 0.1) is 6.54 Å². The molecule has 1 atom stereocenters. The highest BCUT2D eigenvalue weighted by molar-refractivity contribution is 5.77. The van der Waals surface area contributed by atoms with Gasteiger partial charge in [-0.15, -0.1) is 0 Å². The highest BCUT2D eigenvalue weighted by Crippen LogP contribution is 2.23. The van der Waals surface area contributed by atoms with Crippen molar-refractivity contribution >= 4 is 5.91 Å². The number of ether oxygens (including phenoxy) is 2. The number of hydrogen-bond acceptors (Lipinski definition) is 3. The van der Waals surface area contributed by atoms with Crippen molar-refractivity contribution in [1.82, 2.24) is 4.90 Å². The van der Waals surface area contributed by atoms with Crippen LogP contribution in [0.15, 0.2) is 30.3 Å². The summed E-state index contributed by atoms with van der Waals surface area (Å²) < 4.78 is 59.3. The molecule has 1 aromatic rings. The van der Waals surface area contributed by atoms with Gasteiger partial charge < -0.3 is 14.4 Å². The number of hydrogen-bond donors (Lipinski definition) is 0. The summed E-state index contributed by atoms with van der Waals surface area (Å²) in [6.45, 7) is -1.41. The van der Waals surface area contributed by atoms with Gasteiger partial charge in [0.15, 0.2) is 0 Å². The predicted octanol–water partition coefficient (Wildman–Crippen LogP) is 2.58. The number of halogens is 4. The van der Waals surface area contributed by atoms with Crippen molar-refractivity contribution in [1.29, 1.82) is 0 Å². The summed E-state index contributed by atoms with van der Waals surface area (Å²) >= 11 is 0. The molecule has 8 heteroatoms. The summed E-state index contributed by atoms with van der Waals surface area (Å²) in [7, 11) is 0. The summed E-state index contributed by atoms with van der Waals surface area (Å²) in [4.78, 5) is 13.2. The molecule has 1 fully saturated rings. The Labute approximate surface area is 131 Å². The number of carbonyl (C=O) groups excluding carboxylic acids is 1. The van der Waals surface area contributed by atoms with Gasteiger partial charge in [0.2, 0.25) is 5.91 Å². The molecule has 23 heavy (non-hydrogen) atoms. The Balaban J connectivity index is 1.72. The van der Waals surface area contributed by atoms with Crippen LogP contribution in [0.25, 0.3) is 0 Å². The molecule has 0 spiro atoms. The first kappa shape index (κ1) is 17.5. The SMILES string of the molecule is O=C(COCC(F)(F)C(F)F)N1CCC(Oc2ccccc2)C1. The molecule has 1 unspecified atom stereocenters. The van der Waals surface area contributed by atoms with Crippen molar-refractivity contribution in [3.05, 3.63) is 30.3 Å². The third-order valence-corrected chi connectivity index (χ3v) is 3.38. The molecule has 4 nitrogen and oxygen atoms in total. The lowest BCUT2D eigenvalue weighted by Gasteiger charge is -2.19. The van der Waals surface area contributed by atoms with E-state index in [1.54, 1.807) is 12.1 Å². The van der Waals surface area contributed by atoms with Crippen LogP contribution in [0, 0.1) is 0 Å². The molecule has 0 radical (unpaired) electrons. The molecular weight excluding hydrogens is 318 g/mol. The van der Waals surface area contributed by atoms with Gasteiger partial charge in [-0.25, -0.2) is 8.78 Å². The van der Waals surface area contributed by atoms with Gasteiger partial charge in [-0.1, -0.05) is 18.2 Å². The Bertz CT molecular complexity index is 513. The lowest BCUT2D eigenvalue weighted by Crippen LogP contribution is -2.37. The quantitative estimate of drug-likeness (QED) is 0.719. The van der Waals surface area contributed by atoms with Crippen LogP contribution >= 0.6 is 0 Å². The number of carbonyl (C=O) groups is 1. The lowest BCUT2D eigenvalue weighted by molar-refractivity contribution is -0.170. The van der Waals surface area contributed by atoms with Crippen molar-refractivity contribution < 1.29 is 31.8 Å². The fraction of sp³-hybridized carbons (Fsp3) is 0.533. The van der Waals surface area contributed by atoms with Crippen LogP contribution in [0.2, 0.25) is 0 Å². The fourth-order valence-corrected chi connectivity index (χ4v) is 2.17. The second kappa shape index (κ2) is 7.63. The number of alkyl halides is 4. The molecule has 2 rings (SSSR count). The minimum atomic E-state index is -4.25. The smallest absolute Gasteiger partial charge is 0.330 e. The van der Waals surface area contributed by atoms with Crippen LogP contribution in [0.5, 0.6) is 5.75 Å². The van der Waals surface area contributed by atoms with Crippen LogP contribution in [-0.4, -0.2) is 55.6 Å². The maximum Gasteiger partial charge on any atom is 0.330 e. The van der Waals surface area contributed by atoms with Crippen molar-refractivity contribution in [2.75, 3.05) is 26.3 Å². The zero-order valence-corrected chi connectivity index (χ0v) is 12.3. The Hall–Kier alpha value is -1.83. The van der Waals surface area contributed by atoms with Gasteiger partial charge >= 0.3 is 12.3 Å². The van der Waals surface area contributed by atoms with Crippen LogP contribution in [-0.2, 0) is 9.53 Å². The van der Waals surface area contributed by atoms with E-state index >= 15 is 0 Å². The standard InChI is InChI=1S/C15H17F4NO3/c16-14(17)15(18,19)10-22-9-13(21)20-7-6-12(8-20)23-11-4-2-1-3-5-11/h1-5,12,14H,6-10H2. The van der Waals surface area contributed by atoms with Crippen molar-refractivity contribution in [2.45, 2.75) is 24.9 Å². The fourth-order valence-electron chi connectivity index (χ4n) is 2.17. The van der Waals surface area contributed by atoms with E-state index in [1.165, 1.54) is 4.90 Å². The first-order valence-corrected chi connectivity index (χ1v) is 7.11. The monoisotopic (exact) mass is 335 g/mol. The normalized spacial score (nSPS) is 18.5. The molecule has 0 N–H and O–H groups in total. The van der Waals surface area contributed by atoms with Crippen molar-refractivity contribution in [2.24, 2.45) is 0 Å². The minimum Gasteiger partial charge on any atom is -0.489 e. The van der Waals surface area contributed by atoms with Gasteiger partial charge in [-0.2, -0.15) is 8.78 Å². The van der Waals surface area contributed by atoms with E-state index < -0.39 is 31.5 Å². The molecular formula is C15H17F4NO3. The molecule has 1 amide bonds. The summed E-state index contributed by atoms with van der Waals surface area (Å²) in [5, 5.41) is 0.